The lowest BCUT2D eigenvalue weighted by Crippen LogP contribution is -2.42. The predicted molar refractivity (Wildman–Crippen MR) is 87.2 cm³/mol. The molecule has 1 aromatic rings. The van der Waals surface area contributed by atoms with Crippen LogP contribution in [-0.4, -0.2) is 30.1 Å². The van der Waals surface area contributed by atoms with Crippen LogP contribution in [0.5, 0.6) is 0 Å². The molecule has 0 aromatic heterocycles. The standard InChI is InChI=1S/C17H27ClN2/c1-17(2,3)19-12-14-7-9-20(10-8-14)13-15-5-4-6-16(18)11-15/h4-6,11,14,19H,7-10,12-13H2,1-3H3. The highest BCUT2D eigenvalue weighted by atomic mass is 35.5. The zero-order chi connectivity index (χ0) is 14.6. The van der Waals surface area contributed by atoms with Crippen LogP contribution < -0.4 is 5.32 Å². The Labute approximate surface area is 128 Å². The minimum absolute atomic E-state index is 0.234. The van der Waals surface area contributed by atoms with Gasteiger partial charge in [-0.15, -0.1) is 0 Å². The quantitative estimate of drug-likeness (QED) is 0.905. The summed E-state index contributed by atoms with van der Waals surface area (Å²) in [5, 5.41) is 4.47. The molecule has 20 heavy (non-hydrogen) atoms. The van der Waals surface area contributed by atoms with Gasteiger partial charge < -0.3 is 5.32 Å². The summed E-state index contributed by atoms with van der Waals surface area (Å²) in [6.45, 7) is 11.3. The Morgan fingerprint density at radius 2 is 1.95 bits per heavy atom. The van der Waals surface area contributed by atoms with Gasteiger partial charge in [-0.1, -0.05) is 23.7 Å². The Bertz CT molecular complexity index is 417. The normalized spacial score (nSPS) is 18.4. The van der Waals surface area contributed by atoms with Gasteiger partial charge in [-0.25, -0.2) is 0 Å². The molecule has 0 spiro atoms. The van der Waals surface area contributed by atoms with E-state index in [1.54, 1.807) is 0 Å². The third-order valence-electron chi connectivity index (χ3n) is 3.92. The van der Waals surface area contributed by atoms with E-state index in [-0.39, 0.29) is 5.54 Å². The van der Waals surface area contributed by atoms with Crippen LogP contribution in [0.1, 0.15) is 39.2 Å². The monoisotopic (exact) mass is 294 g/mol. The van der Waals surface area contributed by atoms with E-state index in [1.165, 1.54) is 31.5 Å². The maximum atomic E-state index is 6.04. The van der Waals surface area contributed by atoms with Gasteiger partial charge in [0.05, 0.1) is 0 Å². The molecule has 3 heteroatoms. The number of nitrogens with one attached hydrogen (secondary N) is 1. The first-order valence-electron chi connectivity index (χ1n) is 7.64. The van der Waals surface area contributed by atoms with E-state index < -0.39 is 0 Å². The molecule has 0 saturated carbocycles. The molecular weight excluding hydrogens is 268 g/mol. The molecule has 2 rings (SSSR count). The molecule has 1 aliphatic heterocycles. The van der Waals surface area contributed by atoms with Gasteiger partial charge >= 0.3 is 0 Å². The molecule has 1 fully saturated rings. The topological polar surface area (TPSA) is 15.3 Å². The van der Waals surface area contributed by atoms with Crippen molar-refractivity contribution in [1.29, 1.82) is 0 Å². The van der Waals surface area contributed by atoms with Crippen molar-refractivity contribution in [3.63, 3.8) is 0 Å². The van der Waals surface area contributed by atoms with Crippen LogP contribution in [0.2, 0.25) is 5.02 Å². The Morgan fingerprint density at radius 3 is 2.55 bits per heavy atom. The number of hydrogen-bond acceptors (Lipinski definition) is 2. The lowest BCUT2D eigenvalue weighted by molar-refractivity contribution is 0.170. The number of hydrogen-bond donors (Lipinski definition) is 1. The lowest BCUT2D eigenvalue weighted by atomic mass is 9.95. The van der Waals surface area contributed by atoms with Crippen molar-refractivity contribution in [2.45, 2.75) is 45.7 Å². The van der Waals surface area contributed by atoms with Gasteiger partial charge in [-0.05, 0) is 76.9 Å². The Morgan fingerprint density at radius 1 is 1.25 bits per heavy atom. The van der Waals surface area contributed by atoms with Crippen molar-refractivity contribution < 1.29 is 0 Å². The highest BCUT2D eigenvalue weighted by Gasteiger charge is 2.20. The molecule has 112 valence electrons. The molecule has 1 aromatic carbocycles. The molecule has 0 radical (unpaired) electrons. The summed E-state index contributed by atoms with van der Waals surface area (Å²) < 4.78 is 0. The Hall–Kier alpha value is -0.570. The summed E-state index contributed by atoms with van der Waals surface area (Å²) in [6.07, 6.45) is 2.59. The van der Waals surface area contributed by atoms with Crippen molar-refractivity contribution in [2.24, 2.45) is 5.92 Å². The van der Waals surface area contributed by atoms with Crippen molar-refractivity contribution in [1.82, 2.24) is 10.2 Å². The van der Waals surface area contributed by atoms with Crippen LogP contribution in [0.25, 0.3) is 0 Å². The summed E-state index contributed by atoms with van der Waals surface area (Å²) in [7, 11) is 0. The average molecular weight is 295 g/mol. The molecule has 0 atom stereocenters. The highest BCUT2D eigenvalue weighted by molar-refractivity contribution is 6.30. The molecular formula is C17H27ClN2. The molecule has 2 nitrogen and oxygen atoms in total. The fourth-order valence-corrected chi connectivity index (χ4v) is 2.91. The van der Waals surface area contributed by atoms with Gasteiger partial charge in [0.25, 0.3) is 0 Å². The van der Waals surface area contributed by atoms with Gasteiger partial charge in [-0.2, -0.15) is 0 Å². The average Bonchev–Trinajstić information content (AvgIpc) is 2.37. The number of piperidine rings is 1. The largest absolute Gasteiger partial charge is 0.312 e. The maximum Gasteiger partial charge on any atom is 0.0409 e. The van der Waals surface area contributed by atoms with Crippen LogP contribution in [-0.2, 0) is 6.54 Å². The third-order valence-corrected chi connectivity index (χ3v) is 4.16. The molecule has 1 N–H and O–H groups in total. The minimum atomic E-state index is 0.234. The fourth-order valence-electron chi connectivity index (χ4n) is 2.69. The van der Waals surface area contributed by atoms with Crippen LogP contribution in [0.4, 0.5) is 0 Å². The zero-order valence-corrected chi connectivity index (χ0v) is 13.7. The molecule has 1 saturated heterocycles. The third kappa shape index (κ3) is 5.43. The zero-order valence-electron chi connectivity index (χ0n) is 13.0. The molecule has 0 bridgehead atoms. The second-order valence-electron chi connectivity index (χ2n) is 6.98. The van der Waals surface area contributed by atoms with E-state index in [4.69, 9.17) is 11.6 Å². The minimum Gasteiger partial charge on any atom is -0.312 e. The number of benzene rings is 1. The fraction of sp³-hybridized carbons (Fsp3) is 0.647. The van der Waals surface area contributed by atoms with Crippen LogP contribution in [0.3, 0.4) is 0 Å². The first-order valence-corrected chi connectivity index (χ1v) is 8.02. The first kappa shape index (κ1) is 15.8. The number of halogens is 1. The van der Waals surface area contributed by atoms with Gasteiger partial charge in [0.1, 0.15) is 0 Å². The van der Waals surface area contributed by atoms with Crippen molar-refractivity contribution >= 4 is 11.6 Å². The molecule has 1 heterocycles. The van der Waals surface area contributed by atoms with Crippen LogP contribution >= 0.6 is 11.6 Å². The Balaban J connectivity index is 1.74. The van der Waals surface area contributed by atoms with Crippen LogP contribution in [0.15, 0.2) is 24.3 Å². The lowest BCUT2D eigenvalue weighted by Gasteiger charge is -2.33. The molecule has 1 aliphatic rings. The van der Waals surface area contributed by atoms with Crippen molar-refractivity contribution in [2.75, 3.05) is 19.6 Å². The number of likely N-dealkylation sites (tertiary alicyclic amines) is 1. The molecule has 0 unspecified atom stereocenters. The summed E-state index contributed by atoms with van der Waals surface area (Å²) in [4.78, 5) is 2.54. The van der Waals surface area contributed by atoms with Gasteiger partial charge in [0.15, 0.2) is 0 Å². The first-order chi connectivity index (χ1) is 9.42. The van der Waals surface area contributed by atoms with E-state index in [1.807, 2.05) is 12.1 Å². The highest BCUT2D eigenvalue weighted by Crippen LogP contribution is 2.20. The summed E-state index contributed by atoms with van der Waals surface area (Å²) in [5.41, 5.74) is 1.56. The second-order valence-corrected chi connectivity index (χ2v) is 7.42. The van der Waals surface area contributed by atoms with Gasteiger partial charge in [-0.3, -0.25) is 4.90 Å². The smallest absolute Gasteiger partial charge is 0.0409 e. The molecule has 0 aliphatic carbocycles. The number of nitrogens with zero attached hydrogens (tertiary/aromatic N) is 1. The van der Waals surface area contributed by atoms with E-state index >= 15 is 0 Å². The van der Waals surface area contributed by atoms with E-state index in [9.17, 15) is 0 Å². The maximum absolute atomic E-state index is 6.04. The predicted octanol–water partition coefficient (Wildman–Crippen LogP) is 3.94. The van der Waals surface area contributed by atoms with Crippen LogP contribution in [0, 0.1) is 5.92 Å². The second kappa shape index (κ2) is 6.93. The summed E-state index contributed by atoms with van der Waals surface area (Å²) >= 11 is 6.04. The van der Waals surface area contributed by atoms with E-state index in [0.717, 1.165) is 24.0 Å². The summed E-state index contributed by atoms with van der Waals surface area (Å²) in [5.74, 6) is 0.824. The van der Waals surface area contributed by atoms with Crippen molar-refractivity contribution in [3.8, 4) is 0 Å². The summed E-state index contributed by atoms with van der Waals surface area (Å²) in [6, 6.07) is 8.22. The molecule has 0 amide bonds. The SMILES string of the molecule is CC(C)(C)NCC1CCN(Cc2cccc(Cl)c2)CC1. The van der Waals surface area contributed by atoms with E-state index in [2.05, 4.69) is 43.1 Å². The van der Waals surface area contributed by atoms with Crippen molar-refractivity contribution in [3.05, 3.63) is 34.9 Å². The Kier molecular flexibility index (Phi) is 5.48. The van der Waals surface area contributed by atoms with E-state index in [0.29, 0.717) is 0 Å². The van der Waals surface area contributed by atoms with Gasteiger partial charge in [0.2, 0.25) is 0 Å². The number of rotatable bonds is 4. The van der Waals surface area contributed by atoms with Gasteiger partial charge in [0, 0.05) is 17.1 Å².